The predicted octanol–water partition coefficient (Wildman–Crippen LogP) is 6.24. The molecule has 0 spiro atoms. The van der Waals surface area contributed by atoms with E-state index in [1.165, 1.54) is 15.6 Å². The Kier molecular flexibility index (Phi) is 8.36. The summed E-state index contributed by atoms with van der Waals surface area (Å²) in [5, 5.41) is 7.86. The number of ether oxygens (including phenoxy) is 1. The number of amides is 1. The van der Waals surface area contributed by atoms with Crippen LogP contribution in [-0.2, 0) is 24.4 Å². The molecule has 2 N–H and O–H groups in total. The molecule has 230 valence electrons. The molecule has 1 aliphatic heterocycles. The topological polar surface area (TPSA) is 110 Å². The third kappa shape index (κ3) is 5.59. The van der Waals surface area contributed by atoms with Gasteiger partial charge < -0.3 is 19.9 Å². The van der Waals surface area contributed by atoms with Gasteiger partial charge in [-0.3, -0.25) is 14.3 Å². The van der Waals surface area contributed by atoms with Gasteiger partial charge in [0, 0.05) is 24.8 Å². The molecule has 1 amide bonds. The Morgan fingerprint density at radius 3 is 2.59 bits per heavy atom. The number of rotatable bonds is 9. The van der Waals surface area contributed by atoms with Crippen molar-refractivity contribution < 1.29 is 22.7 Å². The van der Waals surface area contributed by atoms with E-state index in [4.69, 9.17) is 16.3 Å². The van der Waals surface area contributed by atoms with Crippen molar-refractivity contribution in [1.82, 2.24) is 19.7 Å². The molecule has 3 heterocycles. The van der Waals surface area contributed by atoms with E-state index >= 15 is 0 Å². The average molecular weight is 608 g/mol. The van der Waals surface area contributed by atoms with Gasteiger partial charge in [-0.2, -0.15) is 18.3 Å². The number of aromatic nitrogens is 4. The number of hydrogen-bond acceptors (Lipinski definition) is 6. The highest BCUT2D eigenvalue weighted by Crippen LogP contribution is 2.41. The molecule has 0 radical (unpaired) electrons. The van der Waals surface area contributed by atoms with Gasteiger partial charge in [0.2, 0.25) is 5.91 Å². The minimum Gasteiger partial charge on any atom is -0.493 e. The molecule has 4 aromatic rings. The normalized spacial score (nSPS) is 16.9. The highest BCUT2D eigenvalue weighted by atomic mass is 19.4. The smallest absolute Gasteiger partial charge is 0.407 e. The molecule has 0 saturated carbocycles. The number of carbonyl (C=O) groups is 1. The van der Waals surface area contributed by atoms with Crippen LogP contribution >= 0.6 is 0 Å². The summed E-state index contributed by atoms with van der Waals surface area (Å²) in [6, 6.07) is 7.76. The lowest BCUT2D eigenvalue weighted by Gasteiger charge is -2.29. The van der Waals surface area contributed by atoms with Gasteiger partial charge in [-0.05, 0) is 50.1 Å². The minimum absolute atomic E-state index is 0.0457. The average Bonchev–Trinajstić information content (AvgIpc) is 3.48. The number of benzene rings is 2. The zero-order chi connectivity index (χ0) is 31.8. The lowest BCUT2D eigenvalue weighted by molar-refractivity contribution is -0.136. The van der Waals surface area contributed by atoms with E-state index in [1.54, 1.807) is 25.2 Å². The Bertz CT molecular complexity index is 1820. The molecule has 44 heavy (non-hydrogen) atoms. The van der Waals surface area contributed by atoms with Gasteiger partial charge in [-0.15, -0.1) is 0 Å². The van der Waals surface area contributed by atoms with Crippen LogP contribution in [0.5, 0.6) is 5.75 Å². The van der Waals surface area contributed by atoms with Crippen LogP contribution in [0.2, 0.25) is 0 Å². The fraction of sp³-hybridized carbons (Fsp3) is 0.387. The number of anilines is 2. The van der Waals surface area contributed by atoms with Crippen molar-refractivity contribution in [3.8, 4) is 17.1 Å². The van der Waals surface area contributed by atoms with E-state index < -0.39 is 29.5 Å². The van der Waals surface area contributed by atoms with E-state index in [0.29, 0.717) is 53.3 Å². The fourth-order valence-corrected chi connectivity index (χ4v) is 5.82. The number of alkyl halides is 3. The number of nitrogens with one attached hydrogen (secondary N) is 2. The Morgan fingerprint density at radius 2 is 1.93 bits per heavy atom. The summed E-state index contributed by atoms with van der Waals surface area (Å²) in [6.07, 6.45) is -2.74. The van der Waals surface area contributed by atoms with Gasteiger partial charge in [-0.25, -0.2) is 9.83 Å². The van der Waals surface area contributed by atoms with Crippen molar-refractivity contribution in [1.29, 1.82) is 0 Å². The lowest BCUT2D eigenvalue weighted by atomic mass is 10.0. The number of fused-ring (bicyclic) bond motifs is 1. The SMILES string of the molecule is [C-]#[N+]c1ccc(N2C(=O)C[C@H](Nc3ccc(OCC)c(-c4nc5c(CCC)nn(C)c5c(=O)[nH]4)c3)[C@H]2CC)cc1C(F)(F)F. The highest BCUT2D eigenvalue weighted by Gasteiger charge is 2.41. The number of H-pyrrole nitrogens is 1. The van der Waals surface area contributed by atoms with Crippen molar-refractivity contribution in [2.24, 2.45) is 7.05 Å². The molecule has 2 aromatic carbocycles. The molecular weight excluding hydrogens is 575 g/mol. The number of aromatic amines is 1. The quantitative estimate of drug-likeness (QED) is 0.218. The summed E-state index contributed by atoms with van der Waals surface area (Å²) in [4.78, 5) is 38.3. The first-order valence-electron chi connectivity index (χ1n) is 14.4. The Hall–Kier alpha value is -4.86. The molecule has 0 bridgehead atoms. The standard InChI is InChI=1S/C31H32F3N7O3/c1-6-9-22-27-28(40(5)39-22)30(43)38-29(37-27)19-14-17(10-13-25(19)44-8-3)36-23-16-26(42)41(24(23)7-2)18-11-12-21(35-4)20(15-18)31(32,33)34/h10-15,23-24,36H,6-9,16H2,1-3,5H3,(H,37,38,43)/t23-,24+/m0/s1. The molecule has 2 aromatic heterocycles. The van der Waals surface area contributed by atoms with E-state index in [2.05, 4.69) is 20.2 Å². The second kappa shape index (κ2) is 12.0. The number of hydrogen-bond donors (Lipinski definition) is 2. The van der Waals surface area contributed by atoms with Crippen LogP contribution in [0.3, 0.4) is 0 Å². The van der Waals surface area contributed by atoms with Crippen LogP contribution in [0.15, 0.2) is 41.2 Å². The summed E-state index contributed by atoms with van der Waals surface area (Å²) in [5.74, 6) is 0.466. The zero-order valence-electron chi connectivity index (χ0n) is 24.7. The number of carbonyl (C=O) groups excluding carboxylic acids is 1. The predicted molar refractivity (Wildman–Crippen MR) is 161 cm³/mol. The molecule has 0 aliphatic carbocycles. The van der Waals surface area contributed by atoms with Gasteiger partial charge in [0.1, 0.15) is 17.1 Å². The largest absolute Gasteiger partial charge is 0.493 e. The first kappa shape index (κ1) is 30.6. The molecule has 13 heteroatoms. The molecule has 2 atom stereocenters. The highest BCUT2D eigenvalue weighted by molar-refractivity contribution is 5.98. The molecule has 1 aliphatic rings. The van der Waals surface area contributed by atoms with Crippen LogP contribution in [-0.4, -0.2) is 44.3 Å². The molecule has 10 nitrogen and oxygen atoms in total. The first-order chi connectivity index (χ1) is 21.0. The third-order valence-electron chi connectivity index (χ3n) is 7.70. The van der Waals surface area contributed by atoms with E-state index in [9.17, 15) is 22.8 Å². The van der Waals surface area contributed by atoms with Gasteiger partial charge >= 0.3 is 6.18 Å². The monoisotopic (exact) mass is 607 g/mol. The van der Waals surface area contributed by atoms with Gasteiger partial charge in [0.15, 0.2) is 11.2 Å². The maximum atomic E-state index is 13.7. The Morgan fingerprint density at radius 1 is 1.16 bits per heavy atom. The molecule has 1 saturated heterocycles. The van der Waals surface area contributed by atoms with E-state index in [-0.39, 0.29) is 23.6 Å². The number of halogens is 3. The second-order valence-corrected chi connectivity index (χ2v) is 10.6. The maximum absolute atomic E-state index is 13.7. The van der Waals surface area contributed by atoms with Crippen LogP contribution in [0.4, 0.5) is 30.2 Å². The van der Waals surface area contributed by atoms with Gasteiger partial charge in [0.05, 0.1) is 42.1 Å². The molecule has 0 unspecified atom stereocenters. The summed E-state index contributed by atoms with van der Waals surface area (Å²) in [6.45, 7) is 13.2. The van der Waals surface area contributed by atoms with Crippen LogP contribution in [0.1, 0.15) is 51.3 Å². The van der Waals surface area contributed by atoms with Crippen molar-refractivity contribution in [2.45, 2.75) is 64.7 Å². The Labute approximate surface area is 251 Å². The second-order valence-electron chi connectivity index (χ2n) is 10.6. The minimum atomic E-state index is -4.73. The van der Waals surface area contributed by atoms with E-state index in [0.717, 1.165) is 24.2 Å². The fourth-order valence-electron chi connectivity index (χ4n) is 5.82. The van der Waals surface area contributed by atoms with Gasteiger partial charge in [-0.1, -0.05) is 26.3 Å². The van der Waals surface area contributed by atoms with Crippen LogP contribution < -0.4 is 20.5 Å². The number of aryl methyl sites for hydroxylation is 2. The van der Waals surface area contributed by atoms with E-state index in [1.807, 2.05) is 20.8 Å². The molecular formula is C31H32F3N7O3. The third-order valence-corrected chi connectivity index (χ3v) is 7.70. The summed E-state index contributed by atoms with van der Waals surface area (Å²) < 4.78 is 48.4. The lowest BCUT2D eigenvalue weighted by Crippen LogP contribution is -2.39. The first-order valence-corrected chi connectivity index (χ1v) is 14.4. The Balaban J connectivity index is 1.51. The van der Waals surface area contributed by atoms with Crippen LogP contribution in [0, 0.1) is 6.57 Å². The van der Waals surface area contributed by atoms with Crippen LogP contribution in [0.25, 0.3) is 27.3 Å². The number of nitrogens with zero attached hydrogens (tertiary/aromatic N) is 5. The maximum Gasteiger partial charge on any atom is 0.407 e. The summed E-state index contributed by atoms with van der Waals surface area (Å²) in [5.41, 5.74) is 0.909. The molecule has 5 rings (SSSR count). The van der Waals surface area contributed by atoms with Gasteiger partial charge in [0.25, 0.3) is 5.56 Å². The summed E-state index contributed by atoms with van der Waals surface area (Å²) >= 11 is 0. The molecule has 1 fully saturated rings. The summed E-state index contributed by atoms with van der Waals surface area (Å²) in [7, 11) is 1.70. The van der Waals surface area contributed by atoms with Crippen molar-refractivity contribution in [2.75, 3.05) is 16.8 Å². The van der Waals surface area contributed by atoms with Crippen molar-refractivity contribution >= 4 is 34.0 Å². The van der Waals surface area contributed by atoms with Crippen molar-refractivity contribution in [3.63, 3.8) is 0 Å². The zero-order valence-corrected chi connectivity index (χ0v) is 24.7. The van der Waals surface area contributed by atoms with Crippen molar-refractivity contribution in [3.05, 3.63) is 69.4 Å².